The average Bonchev–Trinajstić information content (AvgIpc) is 3.16. The molecule has 13 heteroatoms. The van der Waals surface area contributed by atoms with Crippen LogP contribution in [-0.4, -0.2) is 93.0 Å². The van der Waals surface area contributed by atoms with E-state index >= 15 is 0 Å². The van der Waals surface area contributed by atoms with Crippen LogP contribution in [-0.2, 0) is 32.4 Å². The van der Waals surface area contributed by atoms with Crippen molar-refractivity contribution in [1.29, 1.82) is 0 Å². The highest BCUT2D eigenvalue weighted by molar-refractivity contribution is 8.13. The van der Waals surface area contributed by atoms with E-state index in [9.17, 15) is 19.6 Å². The number of phosphoric ester groups is 1. The lowest BCUT2D eigenvalue weighted by atomic mass is 9.96. The molecule has 0 aromatic carbocycles. The number of carbonyl (C=O) groups is 1. The smallest absolute Gasteiger partial charge is 0.394 e. The fourth-order valence-corrected chi connectivity index (χ4v) is 5.51. The second-order valence-corrected chi connectivity index (χ2v) is 11.5. The highest BCUT2D eigenvalue weighted by atomic mass is 32.2. The van der Waals surface area contributed by atoms with E-state index in [2.05, 4.69) is 0 Å². The molecule has 2 aliphatic heterocycles. The Labute approximate surface area is 184 Å². The molecule has 0 bridgehead atoms. The van der Waals surface area contributed by atoms with Gasteiger partial charge in [-0.3, -0.25) is 18.4 Å². The molecule has 2 heterocycles. The molecule has 0 aromatic rings. The van der Waals surface area contributed by atoms with Crippen LogP contribution in [0.5, 0.6) is 0 Å². The van der Waals surface area contributed by atoms with Gasteiger partial charge in [0.05, 0.1) is 32.0 Å². The highest BCUT2D eigenvalue weighted by Gasteiger charge is 2.42. The van der Waals surface area contributed by atoms with Crippen LogP contribution in [0.2, 0.25) is 0 Å². The van der Waals surface area contributed by atoms with Crippen molar-refractivity contribution in [2.75, 3.05) is 25.6 Å². The van der Waals surface area contributed by atoms with Crippen molar-refractivity contribution >= 4 is 40.4 Å². The van der Waals surface area contributed by atoms with Crippen LogP contribution in [0.1, 0.15) is 33.6 Å². The van der Waals surface area contributed by atoms with Gasteiger partial charge in [0.1, 0.15) is 27.9 Å². The Balaban J connectivity index is 1.96. The molecular formula is C17H33B2O9PS. The summed E-state index contributed by atoms with van der Waals surface area (Å²) in [5, 5.41) is 19.5. The maximum Gasteiger partial charge on any atom is 0.475 e. The van der Waals surface area contributed by atoms with Gasteiger partial charge < -0.3 is 19.7 Å². The molecule has 0 spiro atoms. The molecule has 9 nitrogen and oxygen atoms in total. The summed E-state index contributed by atoms with van der Waals surface area (Å²) in [5.74, 6) is 0.285. The van der Waals surface area contributed by atoms with Gasteiger partial charge in [0, 0.05) is 23.2 Å². The lowest BCUT2D eigenvalue weighted by molar-refractivity contribution is -0.117. The first-order chi connectivity index (χ1) is 13.9. The third kappa shape index (κ3) is 7.90. The molecule has 0 amide bonds. The van der Waals surface area contributed by atoms with Crippen molar-refractivity contribution in [3.8, 4) is 0 Å². The SMILES string of the molecule is B[C@H]1CC(O)[C@@H](CO[P@](=O)(OCCSC(=O)C(C)(C)C)OC2C[C@H](B)O[C@@H]2CO)O1. The van der Waals surface area contributed by atoms with Crippen molar-refractivity contribution in [2.45, 2.75) is 70.0 Å². The second kappa shape index (κ2) is 11.3. The van der Waals surface area contributed by atoms with Crippen LogP contribution >= 0.6 is 19.6 Å². The van der Waals surface area contributed by atoms with Gasteiger partial charge in [-0.05, 0) is 12.8 Å². The quantitative estimate of drug-likeness (QED) is 0.252. The third-order valence-electron chi connectivity index (χ3n) is 4.82. The van der Waals surface area contributed by atoms with Crippen LogP contribution < -0.4 is 0 Å². The van der Waals surface area contributed by atoms with Gasteiger partial charge in [0.25, 0.3) is 0 Å². The molecule has 172 valence electrons. The first kappa shape index (κ1) is 26.4. The van der Waals surface area contributed by atoms with Crippen LogP contribution in [0, 0.1) is 5.41 Å². The largest absolute Gasteiger partial charge is 0.475 e. The summed E-state index contributed by atoms with van der Waals surface area (Å²) in [4.78, 5) is 12.0. The van der Waals surface area contributed by atoms with E-state index in [1.807, 2.05) is 36.5 Å². The number of carbonyl (C=O) groups excluding carboxylic acids is 1. The van der Waals surface area contributed by atoms with E-state index in [4.69, 9.17) is 23.0 Å². The van der Waals surface area contributed by atoms with Crippen molar-refractivity contribution in [2.24, 2.45) is 5.41 Å². The lowest BCUT2D eigenvalue weighted by Gasteiger charge is -2.25. The van der Waals surface area contributed by atoms with Gasteiger partial charge in [0.15, 0.2) is 5.12 Å². The van der Waals surface area contributed by atoms with Crippen LogP contribution in [0.25, 0.3) is 0 Å². The monoisotopic (exact) mass is 466 g/mol. The first-order valence-electron chi connectivity index (χ1n) is 10.3. The molecule has 2 saturated heterocycles. The summed E-state index contributed by atoms with van der Waals surface area (Å²) in [6, 6.07) is -0.293. The third-order valence-corrected chi connectivity index (χ3v) is 7.55. The minimum absolute atomic E-state index is 0.00223. The van der Waals surface area contributed by atoms with Gasteiger partial charge in [-0.1, -0.05) is 32.5 Å². The number of hydrogen-bond donors (Lipinski definition) is 2. The van der Waals surface area contributed by atoms with Gasteiger partial charge >= 0.3 is 7.82 Å². The Hall–Kier alpha value is 0.0999. The van der Waals surface area contributed by atoms with E-state index < -0.39 is 37.7 Å². The van der Waals surface area contributed by atoms with E-state index in [0.717, 1.165) is 11.8 Å². The molecule has 2 N–H and O–H groups in total. The molecule has 2 fully saturated rings. The van der Waals surface area contributed by atoms with E-state index in [-0.39, 0.29) is 42.7 Å². The summed E-state index contributed by atoms with van der Waals surface area (Å²) in [6.07, 6.45) is -1.76. The van der Waals surface area contributed by atoms with Gasteiger partial charge in [-0.25, -0.2) is 4.57 Å². The zero-order valence-corrected chi connectivity index (χ0v) is 20.0. The Kier molecular flexibility index (Phi) is 9.92. The number of rotatable bonds is 10. The van der Waals surface area contributed by atoms with Gasteiger partial charge in [-0.2, -0.15) is 0 Å². The topological polar surface area (TPSA) is 121 Å². The van der Waals surface area contributed by atoms with Crippen molar-refractivity contribution in [3.63, 3.8) is 0 Å². The predicted octanol–water partition coefficient (Wildman–Crippen LogP) is -0.332. The summed E-state index contributed by atoms with van der Waals surface area (Å²) >= 11 is 1.09. The van der Waals surface area contributed by atoms with E-state index in [1.54, 1.807) is 0 Å². The minimum Gasteiger partial charge on any atom is -0.394 e. The van der Waals surface area contributed by atoms with Crippen LogP contribution in [0.4, 0.5) is 0 Å². The van der Waals surface area contributed by atoms with E-state index in [0.29, 0.717) is 12.8 Å². The average molecular weight is 466 g/mol. The predicted molar refractivity (Wildman–Crippen MR) is 118 cm³/mol. The number of phosphoric acid groups is 1. The molecular weight excluding hydrogens is 433 g/mol. The first-order valence-corrected chi connectivity index (χ1v) is 12.7. The minimum atomic E-state index is -4.05. The van der Waals surface area contributed by atoms with Crippen LogP contribution in [0.3, 0.4) is 0 Å². The molecule has 0 radical (unpaired) electrons. The zero-order valence-electron chi connectivity index (χ0n) is 18.3. The molecule has 0 aromatic heterocycles. The molecule has 7 atom stereocenters. The summed E-state index contributed by atoms with van der Waals surface area (Å²) in [5.41, 5.74) is -0.486. The van der Waals surface area contributed by atoms with Crippen molar-refractivity contribution in [3.05, 3.63) is 0 Å². The zero-order chi connectivity index (χ0) is 22.5. The fourth-order valence-electron chi connectivity index (χ4n) is 3.21. The van der Waals surface area contributed by atoms with E-state index in [1.165, 1.54) is 0 Å². The summed E-state index contributed by atoms with van der Waals surface area (Å²) in [7, 11) is -0.385. The normalized spacial score (nSPS) is 34.2. The summed E-state index contributed by atoms with van der Waals surface area (Å²) in [6.45, 7) is 5.00. The number of thioether (sulfide) groups is 1. The molecule has 0 saturated carbocycles. The molecule has 2 aliphatic rings. The lowest BCUT2D eigenvalue weighted by Crippen LogP contribution is -2.30. The standard InChI is InChI=1S/C17H33B2O9PS/c1-17(2,3)16(22)30-5-4-24-29(23,25-9-13-10(21)6-14(18)27-13)28-11-7-15(19)26-12(11)8-20/h10-15,20-21H,4-9,18-19H2,1-3H3/t10?,11?,12-,13-,14-,15-,29+/m1/s1. The second-order valence-electron chi connectivity index (χ2n) is 8.80. The Morgan fingerprint density at radius 2 is 1.80 bits per heavy atom. The number of hydrogen-bond acceptors (Lipinski definition) is 10. The number of ether oxygens (including phenoxy) is 2. The fraction of sp³-hybridized carbons (Fsp3) is 0.941. The molecule has 2 unspecified atom stereocenters. The van der Waals surface area contributed by atoms with Crippen molar-refractivity contribution in [1.82, 2.24) is 0 Å². The Bertz CT molecular complexity index is 621. The number of aliphatic hydroxyl groups excluding tert-OH is 2. The summed E-state index contributed by atoms with van der Waals surface area (Å²) < 4.78 is 41.0. The number of aliphatic hydroxyl groups is 2. The highest BCUT2D eigenvalue weighted by Crippen LogP contribution is 2.52. The molecule has 2 rings (SSSR count). The van der Waals surface area contributed by atoms with Crippen LogP contribution in [0.15, 0.2) is 0 Å². The molecule has 0 aliphatic carbocycles. The maximum absolute atomic E-state index is 13.3. The maximum atomic E-state index is 13.3. The van der Waals surface area contributed by atoms with Gasteiger partial charge in [0.2, 0.25) is 0 Å². The Morgan fingerprint density at radius 3 is 2.37 bits per heavy atom. The van der Waals surface area contributed by atoms with Crippen molar-refractivity contribution < 1.29 is 42.6 Å². The Morgan fingerprint density at radius 1 is 1.17 bits per heavy atom. The molecule has 30 heavy (non-hydrogen) atoms. The van der Waals surface area contributed by atoms with Gasteiger partial charge in [-0.15, -0.1) is 0 Å².